The number of rotatable bonds is 5. The van der Waals surface area contributed by atoms with Crippen molar-refractivity contribution >= 4 is 34.5 Å². The first-order valence-electron chi connectivity index (χ1n) is 9.28. The van der Waals surface area contributed by atoms with Gasteiger partial charge in [0.1, 0.15) is 5.75 Å². The Kier molecular flexibility index (Phi) is 5.24. The van der Waals surface area contributed by atoms with Gasteiger partial charge in [-0.25, -0.2) is 4.39 Å². The summed E-state index contributed by atoms with van der Waals surface area (Å²) in [5.74, 6) is -0.926. The lowest BCUT2D eigenvalue weighted by Gasteiger charge is -2.10. The van der Waals surface area contributed by atoms with Crippen molar-refractivity contribution in [3.8, 4) is 16.9 Å². The molecule has 0 saturated heterocycles. The topological polar surface area (TPSA) is 77.6 Å². The van der Waals surface area contributed by atoms with Crippen molar-refractivity contribution in [3.05, 3.63) is 71.0 Å². The van der Waals surface area contributed by atoms with Crippen LogP contribution in [0, 0.1) is 5.82 Å². The van der Waals surface area contributed by atoms with Crippen LogP contribution in [0.4, 0.5) is 10.1 Å². The van der Waals surface area contributed by atoms with Gasteiger partial charge >= 0.3 is 0 Å². The number of methoxy groups -OCH3 is 1. The van der Waals surface area contributed by atoms with Crippen LogP contribution < -0.4 is 10.1 Å². The van der Waals surface area contributed by atoms with Crippen LogP contribution in [0.2, 0.25) is 5.02 Å². The number of hydrogen-bond donors (Lipinski definition) is 1. The third-order valence-electron chi connectivity index (χ3n) is 4.89. The summed E-state index contributed by atoms with van der Waals surface area (Å²) in [5, 5.41) is 6.87. The fourth-order valence-electron chi connectivity index (χ4n) is 3.40. The normalized spacial score (nSPS) is 11.0. The van der Waals surface area contributed by atoms with Crippen LogP contribution in [-0.4, -0.2) is 33.0 Å². The van der Waals surface area contributed by atoms with Crippen molar-refractivity contribution in [1.29, 1.82) is 0 Å². The number of pyridine rings is 1. The van der Waals surface area contributed by atoms with E-state index >= 15 is 4.39 Å². The molecule has 4 aromatic rings. The van der Waals surface area contributed by atoms with Crippen LogP contribution in [0.15, 0.2) is 48.9 Å². The quantitative estimate of drug-likeness (QED) is 0.460. The van der Waals surface area contributed by atoms with E-state index in [4.69, 9.17) is 16.3 Å². The number of aromatic nitrogens is 3. The lowest BCUT2D eigenvalue weighted by Crippen LogP contribution is -2.13. The molecule has 9 heteroatoms. The maximum absolute atomic E-state index is 15.2. The molecular weight excluding hydrogens is 423 g/mol. The molecule has 3 heterocycles. The number of fused-ring (bicyclic) bond motifs is 1. The van der Waals surface area contributed by atoms with Gasteiger partial charge in [-0.3, -0.25) is 14.3 Å². The first kappa shape index (κ1) is 20.6. The minimum absolute atomic E-state index is 0.0806. The smallest absolute Gasteiger partial charge is 0.257 e. The monoisotopic (exact) mass is 440 g/mol. The molecule has 158 valence electrons. The van der Waals surface area contributed by atoms with Crippen molar-refractivity contribution in [2.24, 2.45) is 7.05 Å². The minimum Gasteiger partial charge on any atom is -0.497 e. The third kappa shape index (κ3) is 3.77. The number of anilines is 1. The highest BCUT2D eigenvalue weighted by molar-refractivity contribution is 6.31. The van der Waals surface area contributed by atoms with Crippen molar-refractivity contribution in [3.63, 3.8) is 0 Å². The molecule has 1 aromatic carbocycles. The third-order valence-corrected chi connectivity index (χ3v) is 5.10. The molecule has 0 unspecified atom stereocenters. The van der Waals surface area contributed by atoms with Crippen LogP contribution in [0.3, 0.4) is 0 Å². The zero-order valence-corrected chi connectivity index (χ0v) is 17.7. The van der Waals surface area contributed by atoms with Crippen molar-refractivity contribution < 1.29 is 18.7 Å². The van der Waals surface area contributed by atoms with Crippen LogP contribution in [0.1, 0.15) is 27.8 Å². The Balaban J connectivity index is 1.78. The van der Waals surface area contributed by atoms with E-state index in [9.17, 15) is 9.59 Å². The molecule has 0 radical (unpaired) electrons. The van der Waals surface area contributed by atoms with E-state index in [-0.39, 0.29) is 27.6 Å². The number of benzene rings is 1. The van der Waals surface area contributed by atoms with Gasteiger partial charge in [0.15, 0.2) is 11.6 Å². The SMILES string of the molecule is COc1ccn2c(C(C)=O)cc(C(=O)Nc3cc(Cl)cc(-c4cnn(C)c4)c3F)c2c1. The van der Waals surface area contributed by atoms with E-state index in [1.54, 1.807) is 36.0 Å². The number of amides is 1. The summed E-state index contributed by atoms with van der Waals surface area (Å²) in [6.45, 7) is 1.41. The highest BCUT2D eigenvalue weighted by Gasteiger charge is 2.21. The molecule has 1 amide bonds. The van der Waals surface area contributed by atoms with Gasteiger partial charge in [0.2, 0.25) is 0 Å². The maximum atomic E-state index is 15.2. The zero-order chi connectivity index (χ0) is 22.3. The highest BCUT2D eigenvalue weighted by Crippen LogP contribution is 2.32. The van der Waals surface area contributed by atoms with Crippen LogP contribution >= 0.6 is 11.6 Å². The standard InChI is InChI=1S/C22H18ClFN4O3/c1-12(29)19-9-17(20-8-15(31-3)4-5-28(19)20)22(30)26-18-7-14(23)6-16(21(18)24)13-10-25-27(2)11-13/h4-11H,1-3H3,(H,26,30). The second-order valence-corrected chi connectivity index (χ2v) is 7.43. The average Bonchev–Trinajstić information content (AvgIpc) is 3.33. The Labute approximate surface area is 182 Å². The summed E-state index contributed by atoms with van der Waals surface area (Å²) in [7, 11) is 3.22. The molecule has 0 fully saturated rings. The van der Waals surface area contributed by atoms with Gasteiger partial charge in [-0.15, -0.1) is 0 Å². The molecule has 3 aromatic heterocycles. The van der Waals surface area contributed by atoms with Crippen molar-refractivity contribution in [2.45, 2.75) is 6.92 Å². The summed E-state index contributed by atoms with van der Waals surface area (Å²) < 4.78 is 23.6. The Morgan fingerprint density at radius 2 is 2.00 bits per heavy atom. The molecule has 31 heavy (non-hydrogen) atoms. The van der Waals surface area contributed by atoms with Crippen molar-refractivity contribution in [2.75, 3.05) is 12.4 Å². The largest absolute Gasteiger partial charge is 0.497 e. The summed E-state index contributed by atoms with van der Waals surface area (Å²) in [6, 6.07) is 7.58. The molecular formula is C22H18ClFN4O3. The minimum atomic E-state index is -0.640. The molecule has 0 spiro atoms. The number of nitrogens with one attached hydrogen (secondary N) is 1. The average molecular weight is 441 g/mol. The number of hydrogen-bond acceptors (Lipinski definition) is 4. The van der Waals surface area contributed by atoms with Gasteiger partial charge in [-0.1, -0.05) is 11.6 Å². The first-order valence-corrected chi connectivity index (χ1v) is 9.65. The molecule has 0 saturated carbocycles. The summed E-state index contributed by atoms with van der Waals surface area (Å²) in [4.78, 5) is 25.1. The predicted molar refractivity (Wildman–Crippen MR) is 116 cm³/mol. The number of halogens is 2. The van der Waals surface area contributed by atoms with E-state index < -0.39 is 11.7 Å². The number of carbonyl (C=O) groups is 2. The predicted octanol–water partition coefficient (Wildman–Crippen LogP) is 4.60. The molecule has 0 aliphatic rings. The van der Waals surface area contributed by atoms with E-state index in [2.05, 4.69) is 10.4 Å². The molecule has 1 N–H and O–H groups in total. The molecule has 4 rings (SSSR count). The fourth-order valence-corrected chi connectivity index (χ4v) is 3.62. The number of carbonyl (C=O) groups excluding carboxylic acids is 2. The first-order chi connectivity index (χ1) is 14.8. The number of nitrogens with zero attached hydrogens (tertiary/aromatic N) is 3. The summed E-state index contributed by atoms with van der Waals surface area (Å²) in [6.07, 6.45) is 4.79. The fraction of sp³-hybridized carbons (Fsp3) is 0.136. The van der Waals surface area contributed by atoms with Gasteiger partial charge in [0, 0.05) is 48.6 Å². The summed E-state index contributed by atoms with van der Waals surface area (Å²) in [5.41, 5.74) is 1.64. The highest BCUT2D eigenvalue weighted by atomic mass is 35.5. The van der Waals surface area contributed by atoms with Crippen LogP contribution in [0.5, 0.6) is 5.75 Å². The second kappa shape index (κ2) is 7.88. The lowest BCUT2D eigenvalue weighted by molar-refractivity contribution is 0.101. The molecule has 0 aliphatic carbocycles. The number of ketones is 1. The lowest BCUT2D eigenvalue weighted by atomic mass is 10.1. The van der Waals surface area contributed by atoms with Gasteiger partial charge in [-0.05, 0) is 24.3 Å². The van der Waals surface area contributed by atoms with Gasteiger partial charge in [-0.2, -0.15) is 5.10 Å². The Morgan fingerprint density at radius 3 is 2.65 bits per heavy atom. The van der Waals surface area contributed by atoms with E-state index in [1.807, 2.05) is 0 Å². The van der Waals surface area contributed by atoms with Crippen LogP contribution in [-0.2, 0) is 7.05 Å². The Bertz CT molecular complexity index is 1340. The summed E-state index contributed by atoms with van der Waals surface area (Å²) >= 11 is 6.18. The maximum Gasteiger partial charge on any atom is 0.257 e. The van der Waals surface area contributed by atoms with E-state index in [0.29, 0.717) is 22.5 Å². The number of Topliss-reactive ketones (excluding diaryl/α,β-unsaturated/α-hetero) is 1. The molecule has 7 nitrogen and oxygen atoms in total. The Morgan fingerprint density at radius 1 is 1.23 bits per heavy atom. The zero-order valence-electron chi connectivity index (χ0n) is 16.9. The van der Waals surface area contributed by atoms with Crippen LogP contribution in [0.25, 0.3) is 16.6 Å². The van der Waals surface area contributed by atoms with Gasteiger partial charge in [0.05, 0.1) is 35.8 Å². The second-order valence-electron chi connectivity index (χ2n) is 6.99. The van der Waals surface area contributed by atoms with E-state index in [0.717, 1.165) is 0 Å². The molecule has 0 bridgehead atoms. The number of ether oxygens (including phenoxy) is 1. The molecule has 0 aliphatic heterocycles. The van der Waals surface area contributed by atoms with Gasteiger partial charge in [0.25, 0.3) is 5.91 Å². The Hall–Kier alpha value is -3.65. The van der Waals surface area contributed by atoms with Crippen molar-refractivity contribution in [1.82, 2.24) is 14.2 Å². The number of aryl methyl sites for hydroxylation is 1. The van der Waals surface area contributed by atoms with Gasteiger partial charge < -0.3 is 14.5 Å². The van der Waals surface area contributed by atoms with E-state index in [1.165, 1.54) is 43.1 Å². The molecule has 0 atom stereocenters.